The Bertz CT molecular complexity index is 368. The molecule has 3 N–H and O–H groups in total. The van der Waals surface area contributed by atoms with Crippen LogP contribution in [0, 0.1) is 0 Å². The van der Waals surface area contributed by atoms with Crippen LogP contribution in [0.25, 0.3) is 0 Å². The first-order valence-corrected chi connectivity index (χ1v) is 7.04. The molecule has 0 bridgehead atoms. The summed E-state index contributed by atoms with van der Waals surface area (Å²) in [6, 6.07) is 7.44. The largest absolute Gasteiger partial charge is 0.366 e. The van der Waals surface area contributed by atoms with E-state index in [-0.39, 0.29) is 5.91 Å². The van der Waals surface area contributed by atoms with Crippen LogP contribution in [0.1, 0.15) is 29.3 Å². The Morgan fingerprint density at radius 2 is 2.29 bits per heavy atom. The molecule has 1 unspecified atom stereocenters. The molecular weight excluding hydrogens is 232 g/mol. The normalized spacial score (nSPS) is 12.4. The number of carbonyl (C=O) groups is 1. The molecule has 0 aliphatic rings. The van der Waals surface area contributed by atoms with Gasteiger partial charge < -0.3 is 11.1 Å². The predicted molar refractivity (Wildman–Crippen MR) is 74.3 cm³/mol. The summed E-state index contributed by atoms with van der Waals surface area (Å²) in [5, 5.41) is 4.05. The van der Waals surface area contributed by atoms with Crippen molar-refractivity contribution < 1.29 is 4.79 Å². The molecule has 0 fully saturated rings. The monoisotopic (exact) mass is 252 g/mol. The molecule has 17 heavy (non-hydrogen) atoms. The molecule has 94 valence electrons. The zero-order valence-corrected chi connectivity index (χ0v) is 11.2. The number of carbonyl (C=O) groups excluding carboxylic acids is 1. The van der Waals surface area contributed by atoms with Gasteiger partial charge in [-0.3, -0.25) is 4.79 Å². The van der Waals surface area contributed by atoms with Crippen molar-refractivity contribution in [3.63, 3.8) is 0 Å². The number of amides is 1. The second-order valence-corrected chi connectivity index (χ2v) is 5.35. The highest BCUT2D eigenvalue weighted by molar-refractivity contribution is 7.99. The molecule has 0 heterocycles. The van der Waals surface area contributed by atoms with E-state index >= 15 is 0 Å². The lowest BCUT2D eigenvalue weighted by Crippen LogP contribution is -2.18. The Kier molecular flexibility index (Phi) is 6.08. The molecule has 1 atom stereocenters. The minimum absolute atomic E-state index is 0.372. The zero-order valence-electron chi connectivity index (χ0n) is 10.4. The van der Waals surface area contributed by atoms with Gasteiger partial charge >= 0.3 is 0 Å². The van der Waals surface area contributed by atoms with Crippen molar-refractivity contribution in [1.82, 2.24) is 5.32 Å². The summed E-state index contributed by atoms with van der Waals surface area (Å²) in [4.78, 5) is 11.0. The molecule has 0 radical (unpaired) electrons. The van der Waals surface area contributed by atoms with Crippen LogP contribution < -0.4 is 11.1 Å². The van der Waals surface area contributed by atoms with Crippen molar-refractivity contribution in [3.8, 4) is 0 Å². The summed E-state index contributed by atoms with van der Waals surface area (Å²) in [5.74, 6) is -0.372. The first-order chi connectivity index (χ1) is 8.13. The molecular formula is C13H20N2OS. The summed E-state index contributed by atoms with van der Waals surface area (Å²) in [6.07, 6.45) is 3.28. The molecule has 1 rings (SSSR count). The number of nitrogens with two attached hydrogens (primary N) is 1. The summed E-state index contributed by atoms with van der Waals surface area (Å²) in [7, 11) is 0. The minimum Gasteiger partial charge on any atom is -0.366 e. The van der Waals surface area contributed by atoms with E-state index < -0.39 is 0 Å². The van der Waals surface area contributed by atoms with Crippen LogP contribution in [0.3, 0.4) is 0 Å². The third-order valence-electron chi connectivity index (χ3n) is 2.67. The highest BCUT2D eigenvalue weighted by Gasteiger charge is 2.01. The Morgan fingerprint density at radius 1 is 1.53 bits per heavy atom. The molecule has 0 saturated heterocycles. The highest BCUT2D eigenvalue weighted by atomic mass is 32.2. The first-order valence-electron chi connectivity index (χ1n) is 5.75. The fourth-order valence-corrected chi connectivity index (χ4v) is 1.84. The predicted octanol–water partition coefficient (Wildman–Crippen LogP) is 2.02. The van der Waals surface area contributed by atoms with Gasteiger partial charge in [0.25, 0.3) is 0 Å². The van der Waals surface area contributed by atoms with Crippen LogP contribution in [0.15, 0.2) is 24.3 Å². The van der Waals surface area contributed by atoms with Gasteiger partial charge in [-0.1, -0.05) is 19.1 Å². The van der Waals surface area contributed by atoms with Crippen LogP contribution in [0.5, 0.6) is 0 Å². The van der Waals surface area contributed by atoms with E-state index in [1.807, 2.05) is 30.0 Å². The first kappa shape index (κ1) is 14.1. The maximum atomic E-state index is 11.0. The van der Waals surface area contributed by atoms with E-state index in [0.717, 1.165) is 25.1 Å². The van der Waals surface area contributed by atoms with Gasteiger partial charge in [0.15, 0.2) is 0 Å². The third kappa shape index (κ3) is 5.24. The van der Waals surface area contributed by atoms with E-state index in [1.54, 1.807) is 6.07 Å². The average molecular weight is 252 g/mol. The number of hydrogen-bond donors (Lipinski definition) is 2. The van der Waals surface area contributed by atoms with Gasteiger partial charge in [-0.15, -0.1) is 0 Å². The maximum absolute atomic E-state index is 11.0. The van der Waals surface area contributed by atoms with E-state index in [9.17, 15) is 4.79 Å². The van der Waals surface area contributed by atoms with Crippen molar-refractivity contribution in [2.24, 2.45) is 5.73 Å². The van der Waals surface area contributed by atoms with E-state index in [1.165, 1.54) is 0 Å². The molecule has 0 aromatic heterocycles. The van der Waals surface area contributed by atoms with Crippen molar-refractivity contribution >= 4 is 17.7 Å². The molecule has 4 heteroatoms. The highest BCUT2D eigenvalue weighted by Crippen LogP contribution is 2.08. The Morgan fingerprint density at radius 3 is 2.94 bits per heavy atom. The van der Waals surface area contributed by atoms with E-state index in [4.69, 9.17) is 5.73 Å². The topological polar surface area (TPSA) is 55.1 Å². The average Bonchev–Trinajstić information content (AvgIpc) is 2.34. The van der Waals surface area contributed by atoms with Crippen molar-refractivity contribution in [3.05, 3.63) is 35.4 Å². The lowest BCUT2D eigenvalue weighted by molar-refractivity contribution is 0.1000. The van der Waals surface area contributed by atoms with Crippen LogP contribution in [0.4, 0.5) is 0 Å². The minimum atomic E-state index is -0.372. The summed E-state index contributed by atoms with van der Waals surface area (Å²) >= 11 is 1.88. The molecule has 3 nitrogen and oxygen atoms in total. The van der Waals surface area contributed by atoms with Crippen molar-refractivity contribution in [1.29, 1.82) is 0 Å². The van der Waals surface area contributed by atoms with Gasteiger partial charge in [-0.2, -0.15) is 11.8 Å². The van der Waals surface area contributed by atoms with Crippen molar-refractivity contribution in [2.75, 3.05) is 12.8 Å². The number of benzene rings is 1. The summed E-state index contributed by atoms with van der Waals surface area (Å²) < 4.78 is 0. The van der Waals surface area contributed by atoms with Gasteiger partial charge in [-0.05, 0) is 36.9 Å². The fourth-order valence-electron chi connectivity index (χ4n) is 1.49. The van der Waals surface area contributed by atoms with Gasteiger partial charge in [0.1, 0.15) is 0 Å². The number of primary amides is 1. The van der Waals surface area contributed by atoms with E-state index in [0.29, 0.717) is 10.8 Å². The molecule has 1 amide bonds. The van der Waals surface area contributed by atoms with Gasteiger partial charge in [-0.25, -0.2) is 0 Å². The van der Waals surface area contributed by atoms with Crippen molar-refractivity contribution in [2.45, 2.75) is 25.1 Å². The van der Waals surface area contributed by atoms with Gasteiger partial charge in [0.05, 0.1) is 0 Å². The summed E-state index contributed by atoms with van der Waals surface area (Å²) in [5.41, 5.74) is 6.90. The van der Waals surface area contributed by atoms with Crippen LogP contribution in [-0.4, -0.2) is 24.0 Å². The number of nitrogens with one attached hydrogen (secondary N) is 1. The van der Waals surface area contributed by atoms with Crippen LogP contribution in [0.2, 0.25) is 0 Å². The van der Waals surface area contributed by atoms with Gasteiger partial charge in [0.2, 0.25) is 5.91 Å². The third-order valence-corrected chi connectivity index (χ3v) is 3.71. The Balaban J connectivity index is 2.36. The lowest BCUT2D eigenvalue weighted by atomic mass is 10.1. The second-order valence-electron chi connectivity index (χ2n) is 4.08. The molecule has 0 spiro atoms. The zero-order chi connectivity index (χ0) is 12.7. The summed E-state index contributed by atoms with van der Waals surface area (Å²) in [6.45, 7) is 3.99. The molecule has 0 aliphatic heterocycles. The lowest BCUT2D eigenvalue weighted by Gasteiger charge is -2.09. The molecule has 1 aromatic carbocycles. The number of thioether (sulfide) groups is 1. The fraction of sp³-hybridized carbons (Fsp3) is 0.462. The van der Waals surface area contributed by atoms with E-state index in [2.05, 4.69) is 18.5 Å². The number of hydrogen-bond acceptors (Lipinski definition) is 3. The standard InChI is InChI=1S/C13H20N2OS/c1-10(17-2)6-7-15-9-11-4-3-5-12(8-11)13(14)16/h3-5,8,10,15H,6-7,9H2,1-2H3,(H2,14,16). The van der Waals surface area contributed by atoms with Crippen LogP contribution in [-0.2, 0) is 6.54 Å². The molecule has 0 saturated carbocycles. The quantitative estimate of drug-likeness (QED) is 0.730. The SMILES string of the molecule is CSC(C)CCNCc1cccc(C(N)=O)c1. The second kappa shape index (κ2) is 7.35. The Hall–Kier alpha value is -1.00. The number of rotatable bonds is 7. The molecule has 1 aromatic rings. The van der Waals surface area contributed by atoms with Gasteiger partial charge in [0, 0.05) is 17.4 Å². The Labute approximate surface area is 107 Å². The smallest absolute Gasteiger partial charge is 0.248 e. The molecule has 0 aliphatic carbocycles. The van der Waals surface area contributed by atoms with Crippen LogP contribution >= 0.6 is 11.8 Å². The maximum Gasteiger partial charge on any atom is 0.248 e.